The summed E-state index contributed by atoms with van der Waals surface area (Å²) in [4.78, 5) is 50.3. The first-order chi connectivity index (χ1) is 17.2. The summed E-state index contributed by atoms with van der Waals surface area (Å²) in [5, 5.41) is 0. The fourth-order valence-corrected chi connectivity index (χ4v) is 9.64. The van der Waals surface area contributed by atoms with Crippen LogP contribution < -0.4 is 0 Å². The molecule has 3 fully saturated rings. The molecule has 9 atom stereocenters. The summed E-state index contributed by atoms with van der Waals surface area (Å²) in [6.45, 7) is 13.7. The first kappa shape index (κ1) is 26.2. The van der Waals surface area contributed by atoms with E-state index in [1.54, 1.807) is 6.08 Å². The lowest BCUT2D eigenvalue weighted by Crippen LogP contribution is -2.70. The summed E-state index contributed by atoms with van der Waals surface area (Å²) in [5.74, 6) is -0.924. The molecule has 1 saturated heterocycles. The predicted octanol–water partition coefficient (Wildman–Crippen LogP) is 4.58. The van der Waals surface area contributed by atoms with E-state index in [9.17, 15) is 19.2 Å². The minimum Gasteiger partial charge on any atom is -0.465 e. The molecule has 37 heavy (non-hydrogen) atoms. The number of carbonyl (C=O) groups excluding carboxylic acids is 4. The van der Waals surface area contributed by atoms with Crippen molar-refractivity contribution in [2.24, 2.45) is 45.3 Å². The lowest BCUT2D eigenvalue weighted by Gasteiger charge is -2.68. The number of fused-ring (bicyclic) bond motifs is 5. The fraction of sp³-hybridized carbons (Fsp3) is 0.733. The van der Waals surface area contributed by atoms with Crippen LogP contribution in [0, 0.1) is 45.3 Å². The highest BCUT2D eigenvalue weighted by atomic mass is 16.6. The molecule has 4 aliphatic carbocycles. The van der Waals surface area contributed by atoms with E-state index in [0.717, 1.165) is 19.3 Å². The van der Waals surface area contributed by atoms with Gasteiger partial charge in [0.2, 0.25) is 0 Å². The molecular weight excluding hydrogens is 472 g/mol. The minimum absolute atomic E-state index is 0.0102. The van der Waals surface area contributed by atoms with Gasteiger partial charge in [0.05, 0.1) is 13.0 Å². The second-order valence-electron chi connectivity index (χ2n) is 13.3. The van der Waals surface area contributed by atoms with Gasteiger partial charge in [-0.25, -0.2) is 0 Å². The van der Waals surface area contributed by atoms with Crippen molar-refractivity contribution in [3.8, 4) is 0 Å². The number of hydrogen-bond acceptors (Lipinski definition) is 7. The van der Waals surface area contributed by atoms with Gasteiger partial charge in [0.25, 0.3) is 0 Å². The van der Waals surface area contributed by atoms with Crippen molar-refractivity contribution >= 4 is 23.7 Å². The lowest BCUT2D eigenvalue weighted by molar-refractivity contribution is -0.238. The Balaban J connectivity index is 1.68. The summed E-state index contributed by atoms with van der Waals surface area (Å²) < 4.78 is 17.6. The third-order valence-corrected chi connectivity index (χ3v) is 11.0. The highest BCUT2D eigenvalue weighted by Crippen LogP contribution is 2.73. The predicted molar refractivity (Wildman–Crippen MR) is 135 cm³/mol. The van der Waals surface area contributed by atoms with E-state index in [1.807, 2.05) is 19.9 Å². The number of esters is 3. The van der Waals surface area contributed by atoms with E-state index >= 15 is 0 Å². The Labute approximate surface area is 219 Å². The Kier molecular flexibility index (Phi) is 5.86. The first-order valence-corrected chi connectivity index (χ1v) is 13.6. The number of cyclic esters (lactones) is 1. The van der Waals surface area contributed by atoms with Crippen LogP contribution in [0.15, 0.2) is 23.8 Å². The van der Waals surface area contributed by atoms with Gasteiger partial charge in [0, 0.05) is 36.5 Å². The van der Waals surface area contributed by atoms with Crippen molar-refractivity contribution in [2.45, 2.75) is 86.4 Å². The normalized spacial score (nSPS) is 45.8. The quantitative estimate of drug-likeness (QED) is 0.310. The number of ether oxygens (including phenoxy) is 3. The average molecular weight is 513 g/mol. The van der Waals surface area contributed by atoms with Crippen LogP contribution in [-0.2, 0) is 33.4 Å². The van der Waals surface area contributed by atoms with Gasteiger partial charge < -0.3 is 14.2 Å². The molecule has 0 spiro atoms. The molecule has 0 amide bonds. The molecule has 0 aromatic heterocycles. The van der Waals surface area contributed by atoms with Gasteiger partial charge in [-0.3, -0.25) is 19.2 Å². The Morgan fingerprint density at radius 1 is 1.03 bits per heavy atom. The largest absolute Gasteiger partial charge is 0.465 e. The average Bonchev–Trinajstić information content (AvgIpc) is 3.36. The van der Waals surface area contributed by atoms with Crippen molar-refractivity contribution in [1.82, 2.24) is 0 Å². The Hall–Kier alpha value is -2.44. The Bertz CT molecular complexity index is 1120. The topological polar surface area (TPSA) is 96.0 Å². The van der Waals surface area contributed by atoms with E-state index in [-0.39, 0.29) is 40.8 Å². The van der Waals surface area contributed by atoms with Gasteiger partial charge in [-0.2, -0.15) is 0 Å². The Morgan fingerprint density at radius 2 is 1.70 bits per heavy atom. The molecule has 1 heterocycles. The van der Waals surface area contributed by atoms with Crippen molar-refractivity contribution in [1.29, 1.82) is 0 Å². The van der Waals surface area contributed by atoms with Gasteiger partial charge in [-0.05, 0) is 48.0 Å². The van der Waals surface area contributed by atoms with Crippen LogP contribution >= 0.6 is 0 Å². The maximum Gasteiger partial charge on any atom is 0.306 e. The Morgan fingerprint density at radius 3 is 2.30 bits per heavy atom. The molecule has 2 saturated carbocycles. The van der Waals surface area contributed by atoms with Gasteiger partial charge in [-0.1, -0.05) is 52.3 Å². The van der Waals surface area contributed by atoms with Gasteiger partial charge in [0.1, 0.15) is 12.2 Å². The third kappa shape index (κ3) is 3.51. The van der Waals surface area contributed by atoms with Gasteiger partial charge >= 0.3 is 17.9 Å². The molecule has 7 heteroatoms. The minimum atomic E-state index is -0.807. The van der Waals surface area contributed by atoms with Crippen molar-refractivity contribution in [3.05, 3.63) is 23.8 Å². The number of ketones is 1. The number of allylic oxidation sites excluding steroid dienone is 3. The van der Waals surface area contributed by atoms with E-state index in [1.165, 1.54) is 19.4 Å². The van der Waals surface area contributed by atoms with Crippen LogP contribution in [-0.4, -0.2) is 42.5 Å². The maximum absolute atomic E-state index is 13.2. The molecule has 5 rings (SSSR count). The zero-order valence-electron chi connectivity index (χ0n) is 23.1. The monoisotopic (exact) mass is 512 g/mol. The van der Waals surface area contributed by atoms with Gasteiger partial charge in [-0.15, -0.1) is 0 Å². The summed E-state index contributed by atoms with van der Waals surface area (Å²) in [6.07, 6.45) is 7.59. The summed E-state index contributed by atoms with van der Waals surface area (Å²) in [7, 11) is 0. The van der Waals surface area contributed by atoms with Crippen molar-refractivity contribution < 1.29 is 33.4 Å². The van der Waals surface area contributed by atoms with E-state index in [4.69, 9.17) is 14.2 Å². The lowest BCUT2D eigenvalue weighted by atomic mass is 9.37. The number of carbonyl (C=O) groups is 4. The van der Waals surface area contributed by atoms with Crippen LogP contribution in [0.2, 0.25) is 0 Å². The molecule has 7 nitrogen and oxygen atoms in total. The molecule has 0 radical (unpaired) electrons. The standard InChI is InChI=1S/C30H40O7/c1-16(31)36-24-25-27(3,4)22(33)11-13-29(25,6)21-10-12-28(5)19(18-14-23(34)35-15-18)8-9-20(28)30(21,7)26(24)37-17(2)32/h9,11,13,18-19,21,24-26H,8,10,12,14-15H2,1-7H3. The molecule has 1 aliphatic heterocycles. The second kappa shape index (κ2) is 8.28. The number of rotatable bonds is 3. The highest BCUT2D eigenvalue weighted by Gasteiger charge is 2.72. The third-order valence-electron chi connectivity index (χ3n) is 11.0. The molecule has 0 N–H and O–H groups in total. The SMILES string of the molecule is CC(=O)OC1C2C(C)(C)C(=O)C=CC2(C)C2CCC3(C)C(=CCC3C3COC(=O)C3)C2(C)C1OC(C)=O. The van der Waals surface area contributed by atoms with E-state index in [0.29, 0.717) is 13.0 Å². The molecule has 0 aromatic rings. The molecule has 9 unspecified atom stereocenters. The zero-order valence-corrected chi connectivity index (χ0v) is 23.1. The molecule has 0 bridgehead atoms. The summed E-state index contributed by atoms with van der Waals surface area (Å²) in [5.41, 5.74) is -0.862. The zero-order chi connectivity index (χ0) is 27.1. The van der Waals surface area contributed by atoms with Gasteiger partial charge in [0.15, 0.2) is 5.78 Å². The molecule has 202 valence electrons. The maximum atomic E-state index is 13.2. The molecule has 5 aliphatic rings. The van der Waals surface area contributed by atoms with Crippen molar-refractivity contribution in [2.75, 3.05) is 6.61 Å². The molecular formula is C30H40O7. The first-order valence-electron chi connectivity index (χ1n) is 13.6. The number of hydrogen-bond donors (Lipinski definition) is 0. The van der Waals surface area contributed by atoms with Crippen molar-refractivity contribution in [3.63, 3.8) is 0 Å². The van der Waals surface area contributed by atoms with E-state index < -0.39 is 40.4 Å². The second-order valence-corrected chi connectivity index (χ2v) is 13.3. The van der Waals surface area contributed by atoms with Crippen LogP contribution in [0.4, 0.5) is 0 Å². The summed E-state index contributed by atoms with van der Waals surface area (Å²) >= 11 is 0. The van der Waals surface area contributed by atoms with Crippen LogP contribution in [0.5, 0.6) is 0 Å². The summed E-state index contributed by atoms with van der Waals surface area (Å²) in [6, 6.07) is 0. The van der Waals surface area contributed by atoms with Crippen LogP contribution in [0.1, 0.15) is 74.1 Å². The smallest absolute Gasteiger partial charge is 0.306 e. The van der Waals surface area contributed by atoms with Crippen LogP contribution in [0.25, 0.3) is 0 Å². The van der Waals surface area contributed by atoms with E-state index in [2.05, 4.69) is 26.8 Å². The molecule has 0 aromatic carbocycles. The fourth-order valence-electron chi connectivity index (χ4n) is 9.64. The van der Waals surface area contributed by atoms with Crippen LogP contribution in [0.3, 0.4) is 0 Å². The highest BCUT2D eigenvalue weighted by molar-refractivity contribution is 5.96.